The first-order chi connectivity index (χ1) is 5.94. The molecule has 0 radical (unpaired) electrons. The van der Waals surface area contributed by atoms with E-state index in [2.05, 4.69) is 0 Å². The molecule has 0 aliphatic carbocycles. The predicted molar refractivity (Wildman–Crippen MR) is 47.3 cm³/mol. The largest absolute Gasteiger partial charge is 1.00 e. The Morgan fingerprint density at radius 3 is 2.00 bits per heavy atom. The molecule has 0 amide bonds. The fraction of sp³-hybridized carbons (Fsp3) is 0.143. The first kappa shape index (κ1) is 14.3. The van der Waals surface area contributed by atoms with Gasteiger partial charge in [0.2, 0.25) is 8.87 Å². The summed E-state index contributed by atoms with van der Waals surface area (Å²) in [4.78, 5) is -0.202. The second-order valence-corrected chi connectivity index (χ2v) is 6.39. The minimum Gasteiger partial charge on any atom is -0.760 e. The van der Waals surface area contributed by atoms with Crippen molar-refractivity contribution in [2.75, 3.05) is 0 Å². The third kappa shape index (κ3) is 3.15. The molecule has 1 aromatic carbocycles. The van der Waals surface area contributed by atoms with E-state index < -0.39 is 19.0 Å². The molecule has 0 fully saturated rings. The van der Waals surface area contributed by atoms with Crippen molar-refractivity contribution in [3.8, 4) is 0 Å². The molecule has 7 heteroatoms. The van der Waals surface area contributed by atoms with Gasteiger partial charge in [-0.3, -0.25) is 4.21 Å². The van der Waals surface area contributed by atoms with Crippen LogP contribution in [0.5, 0.6) is 0 Å². The van der Waals surface area contributed by atoms with Crippen LogP contribution in [0.25, 0.3) is 0 Å². The third-order valence-corrected chi connectivity index (χ3v) is 4.35. The summed E-state index contributed by atoms with van der Waals surface area (Å²) < 4.78 is 42.7. The molecule has 0 aliphatic rings. The van der Waals surface area contributed by atoms with Crippen molar-refractivity contribution in [1.82, 2.24) is 0 Å². The summed E-state index contributed by atoms with van der Waals surface area (Å²) in [6, 6.07) is 5.61. The molecule has 0 aliphatic heterocycles. The molecule has 0 aromatic heterocycles. The van der Waals surface area contributed by atoms with Gasteiger partial charge in [-0.25, -0.2) is 8.42 Å². The summed E-state index contributed by atoms with van der Waals surface area (Å²) in [5, 5.41) is 0. The maximum absolute atomic E-state index is 11.0. The quantitative estimate of drug-likeness (QED) is 0.328. The number of hydrogen-bond acceptors (Lipinski definition) is 4. The van der Waals surface area contributed by atoms with Crippen molar-refractivity contribution >= 4 is 19.0 Å². The third-order valence-electron chi connectivity index (χ3n) is 1.49. The minimum atomic E-state index is -4.18. The van der Waals surface area contributed by atoms with Crippen LogP contribution in [0, 0.1) is 6.92 Å². The molecule has 1 atom stereocenters. The van der Waals surface area contributed by atoms with Crippen molar-refractivity contribution in [1.29, 1.82) is 0 Å². The molecule has 0 heterocycles. The van der Waals surface area contributed by atoms with Crippen LogP contribution in [0.15, 0.2) is 29.2 Å². The molecule has 0 saturated heterocycles. The maximum atomic E-state index is 11.0. The first-order valence-electron chi connectivity index (χ1n) is 3.36. The summed E-state index contributed by atoms with van der Waals surface area (Å²) in [5.74, 6) is 0. The zero-order chi connectivity index (χ0) is 10.1. The van der Waals surface area contributed by atoms with Gasteiger partial charge in [-0.2, -0.15) is 0 Å². The Morgan fingerprint density at radius 2 is 1.64 bits per heavy atom. The van der Waals surface area contributed by atoms with Crippen molar-refractivity contribution in [2.45, 2.75) is 11.8 Å². The average Bonchev–Trinajstić information content (AvgIpc) is 2.04. The Labute approximate surface area is 107 Å². The van der Waals surface area contributed by atoms with Gasteiger partial charge >= 0.3 is 29.6 Å². The monoisotopic (exact) mass is 242 g/mol. The Balaban J connectivity index is 0.00000169. The number of aryl methyl sites for hydroxylation is 1. The van der Waals surface area contributed by atoms with Gasteiger partial charge in [-0.15, -0.1) is 0 Å². The van der Waals surface area contributed by atoms with Gasteiger partial charge in [0.15, 0.2) is 0 Å². The molecule has 1 rings (SSSR count). The Kier molecular flexibility index (Phi) is 5.50. The topological polar surface area (TPSA) is 74.3 Å². The molecule has 14 heavy (non-hydrogen) atoms. The van der Waals surface area contributed by atoms with Gasteiger partial charge in [-0.05, 0) is 19.1 Å². The predicted octanol–water partition coefficient (Wildman–Crippen LogP) is -2.43. The summed E-state index contributed by atoms with van der Waals surface area (Å²) >= 11 is 0. The average molecular weight is 242 g/mol. The van der Waals surface area contributed by atoms with Crippen molar-refractivity contribution < 1.29 is 46.7 Å². The van der Waals surface area contributed by atoms with Gasteiger partial charge in [0.1, 0.15) is 0 Å². The van der Waals surface area contributed by atoms with Gasteiger partial charge in [-0.1, -0.05) is 17.7 Å². The van der Waals surface area contributed by atoms with Crippen LogP contribution in [-0.4, -0.2) is 17.2 Å². The van der Waals surface area contributed by atoms with Crippen molar-refractivity contribution in [2.24, 2.45) is 0 Å². The zero-order valence-corrected chi connectivity index (χ0v) is 11.4. The normalized spacial score (nSPS) is 13.0. The maximum Gasteiger partial charge on any atom is 1.00 e. The summed E-state index contributed by atoms with van der Waals surface area (Å²) in [6.07, 6.45) is 0. The molecule has 1 aromatic rings. The Bertz CT molecular complexity index is 424. The second-order valence-electron chi connectivity index (χ2n) is 2.47. The fourth-order valence-corrected chi connectivity index (χ4v) is 2.21. The Hall–Kier alpha value is 0.280. The van der Waals surface area contributed by atoms with Gasteiger partial charge < -0.3 is 4.55 Å². The van der Waals surface area contributed by atoms with E-state index in [1.165, 1.54) is 12.1 Å². The summed E-state index contributed by atoms with van der Waals surface area (Å²) in [5.41, 5.74) is 0.871. The molecule has 4 nitrogen and oxygen atoms in total. The van der Waals surface area contributed by atoms with Crippen LogP contribution in [0.4, 0.5) is 0 Å². The van der Waals surface area contributed by atoms with Crippen LogP contribution in [0.2, 0.25) is 0 Å². The van der Waals surface area contributed by atoms with E-state index in [9.17, 15) is 17.2 Å². The molecule has 0 bridgehead atoms. The standard InChI is InChI=1S/C7H8O4S2.Na/c1-6-2-4-7(5-3-6)13(10,11)12(8)9;/h2-5H,1H3,(H,8,9);/q;+1/p-1. The number of rotatable bonds is 2. The van der Waals surface area contributed by atoms with E-state index >= 15 is 0 Å². The van der Waals surface area contributed by atoms with E-state index in [1.54, 1.807) is 19.1 Å². The van der Waals surface area contributed by atoms with Crippen LogP contribution >= 0.6 is 0 Å². The first-order valence-corrected chi connectivity index (χ1v) is 6.43. The molecular weight excluding hydrogens is 235 g/mol. The molecule has 0 saturated carbocycles. The number of benzene rings is 1. The van der Waals surface area contributed by atoms with Crippen LogP contribution in [-0.2, 0) is 19.0 Å². The molecular formula is C7H7NaO4S2. The van der Waals surface area contributed by atoms with Gasteiger partial charge in [0.25, 0.3) is 0 Å². The number of hydrogen-bond donors (Lipinski definition) is 0. The molecule has 0 spiro atoms. The van der Waals surface area contributed by atoms with Crippen molar-refractivity contribution in [3.05, 3.63) is 29.8 Å². The van der Waals surface area contributed by atoms with E-state index in [0.29, 0.717) is 0 Å². The van der Waals surface area contributed by atoms with Crippen molar-refractivity contribution in [3.63, 3.8) is 0 Å². The van der Waals surface area contributed by atoms with E-state index in [-0.39, 0.29) is 34.5 Å². The molecule has 72 valence electrons. The molecule has 0 N–H and O–H groups in total. The minimum absolute atomic E-state index is 0. The summed E-state index contributed by atoms with van der Waals surface area (Å²) in [6.45, 7) is 1.78. The van der Waals surface area contributed by atoms with E-state index in [1.807, 2.05) is 0 Å². The smallest absolute Gasteiger partial charge is 0.760 e. The van der Waals surface area contributed by atoms with Gasteiger partial charge in [0.05, 0.1) is 15.0 Å². The van der Waals surface area contributed by atoms with E-state index in [4.69, 9.17) is 0 Å². The Morgan fingerprint density at radius 1 is 1.21 bits per heavy atom. The molecule has 1 unspecified atom stereocenters. The van der Waals surface area contributed by atoms with Crippen LogP contribution in [0.1, 0.15) is 5.56 Å². The van der Waals surface area contributed by atoms with Crippen LogP contribution in [0.3, 0.4) is 0 Å². The zero-order valence-electron chi connectivity index (χ0n) is 7.76. The summed E-state index contributed by atoms with van der Waals surface area (Å²) in [7, 11) is -7.29. The van der Waals surface area contributed by atoms with Crippen LogP contribution < -0.4 is 29.6 Å². The fourth-order valence-electron chi connectivity index (χ4n) is 0.784. The van der Waals surface area contributed by atoms with Gasteiger partial charge in [0, 0.05) is 0 Å². The second kappa shape index (κ2) is 5.39. The van der Waals surface area contributed by atoms with E-state index in [0.717, 1.165) is 5.56 Å². The SMILES string of the molecule is Cc1ccc(S(=O)(=O)S(=O)[O-])cc1.[Na+].